The molecule has 1 amide bonds. The predicted octanol–water partition coefficient (Wildman–Crippen LogP) is 1.15. The minimum atomic E-state index is -0.436. The van der Waals surface area contributed by atoms with Crippen LogP contribution in [0.2, 0.25) is 0 Å². The monoisotopic (exact) mass is 252 g/mol. The number of carbonyl (C=O) groups is 1. The summed E-state index contributed by atoms with van der Waals surface area (Å²) in [7, 11) is 1.67. The summed E-state index contributed by atoms with van der Waals surface area (Å²) >= 11 is 0. The summed E-state index contributed by atoms with van der Waals surface area (Å²) in [6, 6.07) is 0. The van der Waals surface area contributed by atoms with Gasteiger partial charge in [-0.1, -0.05) is 6.92 Å². The summed E-state index contributed by atoms with van der Waals surface area (Å²) in [4.78, 5) is 15.9. The van der Waals surface area contributed by atoms with E-state index in [0.29, 0.717) is 6.54 Å². The van der Waals surface area contributed by atoms with E-state index in [9.17, 15) is 4.79 Å². The Morgan fingerprint density at radius 2 is 2.22 bits per heavy atom. The molecule has 0 aliphatic rings. The van der Waals surface area contributed by atoms with Crippen LogP contribution < -0.4 is 10.6 Å². The summed E-state index contributed by atoms with van der Waals surface area (Å²) in [5.41, 5.74) is 0.676. The van der Waals surface area contributed by atoms with Crippen LogP contribution >= 0.6 is 0 Å². The molecule has 1 heterocycles. The van der Waals surface area contributed by atoms with Crippen LogP contribution in [-0.4, -0.2) is 29.1 Å². The van der Waals surface area contributed by atoms with Crippen molar-refractivity contribution in [2.24, 2.45) is 5.41 Å². The molecular weight excluding hydrogens is 228 g/mol. The predicted molar refractivity (Wildman–Crippen MR) is 72.1 cm³/mol. The molecular formula is C13H24N4O. The Morgan fingerprint density at radius 3 is 2.83 bits per heavy atom. The second-order valence-electron chi connectivity index (χ2n) is 5.15. The number of nitrogens with zero attached hydrogens (tertiary/aromatic N) is 2. The molecule has 5 heteroatoms. The maximum Gasteiger partial charge on any atom is 0.227 e. The summed E-state index contributed by atoms with van der Waals surface area (Å²) < 4.78 is 2.04. The molecule has 0 saturated heterocycles. The maximum atomic E-state index is 11.8. The number of carbonyl (C=O) groups excluding carboxylic acids is 1. The number of amides is 1. The molecule has 0 radical (unpaired) electrons. The Bertz CT molecular complexity index is 384. The molecule has 18 heavy (non-hydrogen) atoms. The van der Waals surface area contributed by atoms with Gasteiger partial charge in [-0.25, -0.2) is 4.98 Å². The van der Waals surface area contributed by atoms with Gasteiger partial charge in [0.1, 0.15) is 0 Å². The number of hydrogen-bond donors (Lipinski definition) is 2. The smallest absolute Gasteiger partial charge is 0.227 e. The van der Waals surface area contributed by atoms with Crippen molar-refractivity contribution in [3.8, 4) is 0 Å². The summed E-state index contributed by atoms with van der Waals surface area (Å²) in [5.74, 6) is 0.0451. The standard InChI is InChI=1S/C13H24N4O/c1-5-6-15-7-11-8-16-10-17(11)9-13(2,3)12(18)14-4/h8,10,15H,5-7,9H2,1-4H3,(H,14,18). The highest BCUT2D eigenvalue weighted by molar-refractivity contribution is 5.81. The van der Waals surface area contributed by atoms with Gasteiger partial charge < -0.3 is 15.2 Å². The van der Waals surface area contributed by atoms with Gasteiger partial charge in [0.2, 0.25) is 5.91 Å². The van der Waals surface area contributed by atoms with E-state index in [1.54, 1.807) is 13.4 Å². The average molecular weight is 252 g/mol. The van der Waals surface area contributed by atoms with Gasteiger partial charge >= 0.3 is 0 Å². The van der Waals surface area contributed by atoms with Crippen LogP contribution in [-0.2, 0) is 17.9 Å². The molecule has 0 bridgehead atoms. The quantitative estimate of drug-likeness (QED) is 0.716. The van der Waals surface area contributed by atoms with E-state index in [0.717, 1.165) is 25.2 Å². The Kier molecular flexibility index (Phi) is 5.34. The van der Waals surface area contributed by atoms with Crippen LogP contribution in [0.5, 0.6) is 0 Å². The van der Waals surface area contributed by atoms with Crippen molar-refractivity contribution in [1.29, 1.82) is 0 Å². The second-order valence-corrected chi connectivity index (χ2v) is 5.15. The van der Waals surface area contributed by atoms with E-state index >= 15 is 0 Å². The van der Waals surface area contributed by atoms with Crippen molar-refractivity contribution in [3.05, 3.63) is 18.2 Å². The fourth-order valence-electron chi connectivity index (χ4n) is 1.87. The van der Waals surface area contributed by atoms with Gasteiger partial charge in [0.25, 0.3) is 0 Å². The van der Waals surface area contributed by atoms with Crippen molar-refractivity contribution >= 4 is 5.91 Å². The van der Waals surface area contributed by atoms with Gasteiger partial charge in [-0.05, 0) is 26.8 Å². The van der Waals surface area contributed by atoms with E-state index in [1.807, 2.05) is 24.6 Å². The zero-order chi connectivity index (χ0) is 13.6. The highest BCUT2D eigenvalue weighted by Crippen LogP contribution is 2.19. The van der Waals surface area contributed by atoms with Gasteiger partial charge in [0.05, 0.1) is 17.4 Å². The van der Waals surface area contributed by atoms with Crippen LogP contribution in [0.3, 0.4) is 0 Å². The van der Waals surface area contributed by atoms with Crippen molar-refractivity contribution in [3.63, 3.8) is 0 Å². The molecule has 1 rings (SSSR count). The Labute approximate surface area is 109 Å². The first-order chi connectivity index (χ1) is 8.51. The van der Waals surface area contributed by atoms with E-state index < -0.39 is 5.41 Å². The molecule has 0 aliphatic carbocycles. The van der Waals surface area contributed by atoms with Crippen molar-refractivity contribution in [1.82, 2.24) is 20.2 Å². The molecule has 5 nitrogen and oxygen atoms in total. The third-order valence-corrected chi connectivity index (χ3v) is 2.94. The number of aromatic nitrogens is 2. The van der Waals surface area contributed by atoms with Gasteiger partial charge in [-0.3, -0.25) is 4.79 Å². The average Bonchev–Trinajstić information content (AvgIpc) is 2.75. The Hall–Kier alpha value is -1.36. The third-order valence-electron chi connectivity index (χ3n) is 2.94. The topological polar surface area (TPSA) is 59.0 Å². The molecule has 1 aromatic heterocycles. The second kappa shape index (κ2) is 6.54. The SMILES string of the molecule is CCCNCc1cncn1CC(C)(C)C(=O)NC. The summed E-state index contributed by atoms with van der Waals surface area (Å²) in [6.45, 7) is 8.43. The summed E-state index contributed by atoms with van der Waals surface area (Å²) in [6.07, 6.45) is 4.74. The largest absolute Gasteiger partial charge is 0.359 e. The lowest BCUT2D eigenvalue weighted by Gasteiger charge is -2.24. The fraction of sp³-hybridized carbons (Fsp3) is 0.692. The number of nitrogens with one attached hydrogen (secondary N) is 2. The van der Waals surface area contributed by atoms with Crippen LogP contribution in [0, 0.1) is 5.41 Å². The van der Waals surface area contributed by atoms with Crippen molar-refractivity contribution in [2.45, 2.75) is 40.3 Å². The third kappa shape index (κ3) is 3.84. The highest BCUT2D eigenvalue weighted by Gasteiger charge is 2.27. The zero-order valence-corrected chi connectivity index (χ0v) is 11.8. The molecule has 2 N–H and O–H groups in total. The molecule has 0 aliphatic heterocycles. The van der Waals surface area contributed by atoms with E-state index in [-0.39, 0.29) is 5.91 Å². The summed E-state index contributed by atoms with van der Waals surface area (Å²) in [5, 5.41) is 6.05. The first kappa shape index (κ1) is 14.7. The molecule has 0 aromatic carbocycles. The Balaban J connectivity index is 2.67. The fourth-order valence-corrected chi connectivity index (χ4v) is 1.87. The van der Waals surface area contributed by atoms with Crippen LogP contribution in [0.4, 0.5) is 0 Å². The highest BCUT2D eigenvalue weighted by atomic mass is 16.2. The first-order valence-corrected chi connectivity index (χ1v) is 6.43. The van der Waals surface area contributed by atoms with E-state index in [1.165, 1.54) is 0 Å². The maximum absolute atomic E-state index is 11.8. The molecule has 0 fully saturated rings. The molecule has 102 valence electrons. The minimum absolute atomic E-state index is 0.0451. The normalized spacial score (nSPS) is 11.6. The van der Waals surface area contributed by atoms with Crippen molar-refractivity contribution < 1.29 is 4.79 Å². The lowest BCUT2D eigenvalue weighted by atomic mass is 9.92. The molecule has 1 aromatic rings. The first-order valence-electron chi connectivity index (χ1n) is 6.43. The molecule has 0 atom stereocenters. The van der Waals surface area contributed by atoms with E-state index in [2.05, 4.69) is 22.5 Å². The van der Waals surface area contributed by atoms with Gasteiger partial charge in [-0.15, -0.1) is 0 Å². The zero-order valence-electron chi connectivity index (χ0n) is 11.8. The van der Waals surface area contributed by atoms with Crippen molar-refractivity contribution in [2.75, 3.05) is 13.6 Å². The van der Waals surface area contributed by atoms with Gasteiger partial charge in [-0.2, -0.15) is 0 Å². The van der Waals surface area contributed by atoms with Gasteiger partial charge in [0.15, 0.2) is 0 Å². The van der Waals surface area contributed by atoms with E-state index in [4.69, 9.17) is 0 Å². The van der Waals surface area contributed by atoms with Crippen LogP contribution in [0.15, 0.2) is 12.5 Å². The molecule has 0 unspecified atom stereocenters. The lowest BCUT2D eigenvalue weighted by molar-refractivity contribution is -0.129. The molecule has 0 saturated carbocycles. The van der Waals surface area contributed by atoms with Crippen LogP contribution in [0.25, 0.3) is 0 Å². The molecule has 0 spiro atoms. The lowest BCUT2D eigenvalue weighted by Crippen LogP contribution is -2.38. The number of rotatable bonds is 7. The van der Waals surface area contributed by atoms with Crippen LogP contribution in [0.1, 0.15) is 32.9 Å². The number of imidazole rings is 1. The minimum Gasteiger partial charge on any atom is -0.359 e. The Morgan fingerprint density at radius 1 is 1.50 bits per heavy atom. The number of hydrogen-bond acceptors (Lipinski definition) is 3. The van der Waals surface area contributed by atoms with Gasteiger partial charge in [0, 0.05) is 26.3 Å².